The summed E-state index contributed by atoms with van der Waals surface area (Å²) in [6.07, 6.45) is 11.0. The summed E-state index contributed by atoms with van der Waals surface area (Å²) in [6.45, 7) is 4.69. The molecule has 2 saturated carbocycles. The lowest BCUT2D eigenvalue weighted by atomic mass is 9.47. The third kappa shape index (κ3) is 3.01. The maximum atomic E-state index is 13.4. The third-order valence-electron chi connectivity index (χ3n) is 9.51. The molecule has 2 N–H and O–H groups in total. The fourth-order valence-electron chi connectivity index (χ4n) is 7.75. The molecular weight excluding hydrogens is 388 g/mol. The third-order valence-corrected chi connectivity index (χ3v) is 9.51. The van der Waals surface area contributed by atoms with Crippen molar-refractivity contribution in [3.63, 3.8) is 0 Å². The van der Waals surface area contributed by atoms with Gasteiger partial charge >= 0.3 is 5.97 Å². The molecule has 1 aromatic carbocycles. The summed E-state index contributed by atoms with van der Waals surface area (Å²) in [7, 11) is 0. The predicted molar refractivity (Wildman–Crippen MR) is 119 cm³/mol. The Morgan fingerprint density at radius 3 is 2.45 bits per heavy atom. The van der Waals surface area contributed by atoms with Crippen LogP contribution in [-0.4, -0.2) is 22.0 Å². The molecule has 0 heterocycles. The van der Waals surface area contributed by atoms with Crippen molar-refractivity contribution in [3.05, 3.63) is 53.1 Å². The smallest absolute Gasteiger partial charge is 0.331 e. The van der Waals surface area contributed by atoms with E-state index in [-0.39, 0.29) is 28.3 Å². The average Bonchev–Trinajstić information content (AvgIpc) is 3.10. The zero-order valence-electron chi connectivity index (χ0n) is 18.4. The quantitative estimate of drug-likeness (QED) is 0.608. The average molecular weight is 421 g/mol. The maximum Gasteiger partial charge on any atom is 0.331 e. The highest BCUT2D eigenvalue weighted by molar-refractivity contribution is 5.98. The number of benzene rings is 1. The van der Waals surface area contributed by atoms with Crippen molar-refractivity contribution in [1.29, 1.82) is 0 Å². The fourth-order valence-corrected chi connectivity index (χ4v) is 7.75. The first kappa shape index (κ1) is 20.5. The van der Waals surface area contributed by atoms with Gasteiger partial charge in [-0.15, -0.1) is 0 Å². The van der Waals surface area contributed by atoms with E-state index in [1.807, 2.05) is 6.08 Å². The number of phenols is 1. The van der Waals surface area contributed by atoms with Gasteiger partial charge in [0.2, 0.25) is 0 Å². The van der Waals surface area contributed by atoms with Crippen LogP contribution in [0.3, 0.4) is 0 Å². The number of carbonyl (C=O) groups is 2. The van der Waals surface area contributed by atoms with E-state index in [0.29, 0.717) is 35.3 Å². The number of Topliss-reactive ketones (excluding diaryl/α,β-unsaturated/α-hetero) is 1. The lowest BCUT2D eigenvalue weighted by Gasteiger charge is -2.57. The molecule has 4 nitrogen and oxygen atoms in total. The minimum atomic E-state index is -0.785. The number of aromatic hydroxyl groups is 1. The normalized spacial score (nSPS) is 38.9. The Balaban J connectivity index is 1.43. The van der Waals surface area contributed by atoms with Gasteiger partial charge in [-0.3, -0.25) is 4.79 Å². The van der Waals surface area contributed by atoms with Crippen LogP contribution in [0.4, 0.5) is 0 Å². The molecule has 4 heteroatoms. The van der Waals surface area contributed by atoms with Crippen LogP contribution in [0.1, 0.15) is 69.2 Å². The highest BCUT2D eigenvalue weighted by Crippen LogP contribution is 2.66. The monoisotopic (exact) mass is 420 g/mol. The van der Waals surface area contributed by atoms with Crippen LogP contribution in [0, 0.1) is 34.5 Å². The van der Waals surface area contributed by atoms with Crippen molar-refractivity contribution < 1.29 is 19.8 Å². The fraction of sp³-hybridized carbons (Fsp3) is 0.556. The number of rotatable bonds is 3. The van der Waals surface area contributed by atoms with Gasteiger partial charge in [0, 0.05) is 17.1 Å². The van der Waals surface area contributed by atoms with Gasteiger partial charge in [-0.1, -0.05) is 19.9 Å². The Kier molecular flexibility index (Phi) is 4.69. The van der Waals surface area contributed by atoms with Gasteiger partial charge in [0.25, 0.3) is 0 Å². The number of hydrogen-bond donors (Lipinski definition) is 2. The first-order valence-electron chi connectivity index (χ1n) is 11.7. The first-order valence-corrected chi connectivity index (χ1v) is 11.7. The molecule has 0 aliphatic heterocycles. The Morgan fingerprint density at radius 1 is 1.00 bits per heavy atom. The minimum Gasteiger partial charge on any atom is -0.508 e. The van der Waals surface area contributed by atoms with Gasteiger partial charge in [0.1, 0.15) is 5.75 Å². The number of ketones is 1. The summed E-state index contributed by atoms with van der Waals surface area (Å²) in [6, 6.07) is 6.72. The highest BCUT2D eigenvalue weighted by Gasteiger charge is 2.59. The van der Waals surface area contributed by atoms with Gasteiger partial charge in [-0.05, 0) is 109 Å². The number of allylic oxidation sites excluding steroid dienone is 3. The molecule has 0 amide bonds. The van der Waals surface area contributed by atoms with Crippen LogP contribution in [0.2, 0.25) is 0 Å². The molecule has 1 aromatic rings. The van der Waals surface area contributed by atoms with Crippen molar-refractivity contribution in [1.82, 2.24) is 0 Å². The van der Waals surface area contributed by atoms with E-state index in [1.54, 1.807) is 24.3 Å². The van der Waals surface area contributed by atoms with E-state index in [4.69, 9.17) is 0 Å². The minimum absolute atomic E-state index is 0.0224. The standard InChI is InChI=1S/C27H32O4/c1-26-13-11-17(25(30)31)15-18(26)5-8-20-21-9-10-23(27(21,2)14-12-22(20)26)24(29)16-3-6-19(28)7-4-16/h3-7,15,20-23,28H,8-14H2,1-2H3,(H,30,31)/t20?,21?,22?,23-,26+,27+/m1/s1. The van der Waals surface area contributed by atoms with Crippen LogP contribution in [0.25, 0.3) is 0 Å². The van der Waals surface area contributed by atoms with Gasteiger partial charge < -0.3 is 10.2 Å². The van der Waals surface area contributed by atoms with Crippen LogP contribution in [-0.2, 0) is 4.79 Å². The summed E-state index contributed by atoms with van der Waals surface area (Å²) in [5.41, 5.74) is 2.57. The Labute approximate surface area is 184 Å². The molecule has 3 unspecified atom stereocenters. The van der Waals surface area contributed by atoms with Crippen molar-refractivity contribution in [2.75, 3.05) is 0 Å². The van der Waals surface area contributed by atoms with E-state index in [1.165, 1.54) is 5.57 Å². The number of fused-ring (bicyclic) bond motifs is 5. The van der Waals surface area contributed by atoms with E-state index in [0.717, 1.165) is 38.5 Å². The molecule has 0 saturated heterocycles. The number of phenolic OH excluding ortho intramolecular Hbond substituents is 1. The molecule has 0 bridgehead atoms. The Bertz CT molecular complexity index is 987. The number of carboxylic acids is 1. The molecule has 4 aliphatic rings. The lowest BCUT2D eigenvalue weighted by molar-refractivity contribution is -0.133. The summed E-state index contributed by atoms with van der Waals surface area (Å²) < 4.78 is 0. The van der Waals surface area contributed by atoms with Gasteiger partial charge in [-0.2, -0.15) is 0 Å². The topological polar surface area (TPSA) is 74.6 Å². The first-order chi connectivity index (χ1) is 14.7. The van der Waals surface area contributed by atoms with Crippen LogP contribution >= 0.6 is 0 Å². The zero-order chi connectivity index (χ0) is 22.0. The molecule has 0 radical (unpaired) electrons. The van der Waals surface area contributed by atoms with Gasteiger partial charge in [-0.25, -0.2) is 4.79 Å². The predicted octanol–water partition coefficient (Wildman–Crippen LogP) is 5.77. The van der Waals surface area contributed by atoms with Crippen molar-refractivity contribution in [3.8, 4) is 5.75 Å². The maximum absolute atomic E-state index is 13.4. The Morgan fingerprint density at radius 2 is 1.74 bits per heavy atom. The summed E-state index contributed by atoms with van der Waals surface area (Å²) in [5.74, 6) is 1.37. The zero-order valence-corrected chi connectivity index (χ0v) is 18.4. The van der Waals surface area contributed by atoms with E-state index in [9.17, 15) is 19.8 Å². The second kappa shape index (κ2) is 7.08. The Hall–Kier alpha value is -2.36. The van der Waals surface area contributed by atoms with Crippen molar-refractivity contribution in [2.24, 2.45) is 34.5 Å². The molecule has 164 valence electrons. The van der Waals surface area contributed by atoms with Crippen molar-refractivity contribution in [2.45, 2.75) is 58.8 Å². The van der Waals surface area contributed by atoms with Crippen molar-refractivity contribution >= 4 is 11.8 Å². The second-order valence-electron chi connectivity index (χ2n) is 10.7. The number of carboxylic acid groups (broad SMARTS) is 1. The summed E-state index contributed by atoms with van der Waals surface area (Å²) in [5, 5.41) is 19.0. The molecule has 5 rings (SSSR count). The van der Waals surface area contributed by atoms with E-state index in [2.05, 4.69) is 19.9 Å². The molecule has 4 aliphatic carbocycles. The number of hydrogen-bond acceptors (Lipinski definition) is 3. The summed E-state index contributed by atoms with van der Waals surface area (Å²) in [4.78, 5) is 24.9. The van der Waals surface area contributed by atoms with Crippen LogP contribution in [0.5, 0.6) is 5.75 Å². The lowest BCUT2D eigenvalue weighted by Crippen LogP contribution is -2.50. The SMILES string of the molecule is C[C@]12CCC(C(=O)O)=CC1=CCC1C2CC[C@@]2(C)C1CC[C@@H]2C(=O)c1ccc(O)cc1. The molecule has 2 fully saturated rings. The van der Waals surface area contributed by atoms with Gasteiger partial charge in [0.05, 0.1) is 0 Å². The number of carbonyl (C=O) groups excluding carboxylic acids is 1. The molecule has 0 spiro atoms. The van der Waals surface area contributed by atoms with Crippen LogP contribution in [0.15, 0.2) is 47.6 Å². The largest absolute Gasteiger partial charge is 0.508 e. The molecule has 31 heavy (non-hydrogen) atoms. The molecule has 6 atom stereocenters. The van der Waals surface area contributed by atoms with Crippen LogP contribution < -0.4 is 0 Å². The second-order valence-corrected chi connectivity index (χ2v) is 10.7. The van der Waals surface area contributed by atoms with E-state index < -0.39 is 5.97 Å². The summed E-state index contributed by atoms with van der Waals surface area (Å²) >= 11 is 0. The molecular formula is C27H32O4. The van der Waals surface area contributed by atoms with E-state index >= 15 is 0 Å². The van der Waals surface area contributed by atoms with Gasteiger partial charge in [0.15, 0.2) is 5.78 Å². The number of aliphatic carboxylic acids is 1. The molecule has 0 aromatic heterocycles. The highest BCUT2D eigenvalue weighted by atomic mass is 16.4.